The van der Waals surface area contributed by atoms with E-state index in [2.05, 4.69) is 30.3 Å². The molecule has 0 saturated carbocycles. The molecule has 1 aliphatic rings. The van der Waals surface area contributed by atoms with Crippen molar-refractivity contribution in [3.8, 4) is 11.1 Å². The maximum absolute atomic E-state index is 15.9. The third-order valence-corrected chi connectivity index (χ3v) is 7.75. The molecule has 2 N–H and O–H groups in total. The molecule has 3 aromatic carbocycles. The maximum Gasteiger partial charge on any atom is 0.298 e. The molecule has 0 aliphatic carbocycles. The Kier molecular flexibility index (Phi) is 7.66. The average Bonchev–Trinajstić information content (AvgIpc) is 3.54. The predicted molar refractivity (Wildman–Crippen MR) is 156 cm³/mol. The summed E-state index contributed by atoms with van der Waals surface area (Å²) in [6, 6.07) is 21.1. The van der Waals surface area contributed by atoms with E-state index >= 15 is 8.78 Å². The van der Waals surface area contributed by atoms with E-state index in [0.29, 0.717) is 11.6 Å². The molecule has 3 heterocycles. The van der Waals surface area contributed by atoms with Crippen LogP contribution in [0.5, 0.6) is 0 Å². The minimum atomic E-state index is -3.62. The first kappa shape index (κ1) is 28.1. The van der Waals surface area contributed by atoms with E-state index in [-0.39, 0.29) is 5.56 Å². The van der Waals surface area contributed by atoms with E-state index in [1.807, 2.05) is 48.5 Å². The molecular formula is C31H28F4N8. The lowest BCUT2D eigenvalue weighted by atomic mass is 9.89. The number of tetrazole rings is 1. The number of benzene rings is 3. The summed E-state index contributed by atoms with van der Waals surface area (Å²) >= 11 is 0. The highest BCUT2D eigenvalue weighted by molar-refractivity contribution is 5.66. The van der Waals surface area contributed by atoms with E-state index in [9.17, 15) is 8.78 Å². The van der Waals surface area contributed by atoms with Crippen LogP contribution < -0.4 is 15.5 Å². The second-order valence-electron chi connectivity index (χ2n) is 10.4. The number of hydrogen-bond donors (Lipinski definition) is 1. The zero-order valence-electron chi connectivity index (χ0n) is 23.0. The standard InChI is InChI=1S/C31H28F4N8/c32-23-4-11-27(29(33)17-23)28(19-43-20-38-39-40-43)31(34,35)30-12-3-22(18-37-30)21-1-7-25(8-2-21)41-13-15-42(16-14-41)26-9-5-24(36)6-10-26/h1-12,17-18,20,28H,13-16,19,36H2/t28-/m1/s1. The van der Waals surface area contributed by atoms with E-state index < -0.39 is 35.7 Å². The molecule has 0 radical (unpaired) electrons. The highest BCUT2D eigenvalue weighted by Gasteiger charge is 2.45. The number of nitrogens with zero attached hydrogens (tertiary/aromatic N) is 7. The Bertz CT molecular complexity index is 1650. The van der Waals surface area contributed by atoms with Crippen molar-refractivity contribution in [2.24, 2.45) is 0 Å². The molecule has 1 aliphatic heterocycles. The fourth-order valence-corrected chi connectivity index (χ4v) is 5.36. The van der Waals surface area contributed by atoms with Crippen molar-refractivity contribution in [2.45, 2.75) is 18.4 Å². The van der Waals surface area contributed by atoms with Crippen molar-refractivity contribution in [3.63, 3.8) is 0 Å². The molecule has 2 aromatic heterocycles. The first-order chi connectivity index (χ1) is 20.8. The topological polar surface area (TPSA) is 89.0 Å². The monoisotopic (exact) mass is 588 g/mol. The van der Waals surface area contributed by atoms with Crippen LogP contribution in [-0.2, 0) is 12.5 Å². The van der Waals surface area contributed by atoms with Gasteiger partial charge in [0, 0.05) is 61.1 Å². The molecule has 8 nitrogen and oxygen atoms in total. The van der Waals surface area contributed by atoms with E-state index in [1.165, 1.54) is 12.3 Å². The summed E-state index contributed by atoms with van der Waals surface area (Å²) in [4.78, 5) is 8.70. The number of aromatic nitrogens is 5. The summed E-state index contributed by atoms with van der Waals surface area (Å²) in [7, 11) is 0. The molecule has 220 valence electrons. The Morgan fingerprint density at radius 3 is 1.98 bits per heavy atom. The number of halogens is 4. The summed E-state index contributed by atoms with van der Waals surface area (Å²) in [5.74, 6) is -7.31. The molecule has 0 spiro atoms. The van der Waals surface area contributed by atoms with Crippen LogP contribution in [0.3, 0.4) is 0 Å². The number of pyridine rings is 1. The minimum absolute atomic E-state index is 0.363. The lowest BCUT2D eigenvalue weighted by Gasteiger charge is -2.37. The SMILES string of the molecule is Nc1ccc(N2CCN(c3ccc(-c4ccc(C(F)(F)[C@H](Cn5cnnn5)c5ccc(F)cc5F)nc4)cc3)CC2)cc1. The molecule has 5 aromatic rings. The molecule has 6 rings (SSSR count). The van der Waals surface area contributed by atoms with Crippen molar-refractivity contribution in [1.82, 2.24) is 25.2 Å². The summed E-state index contributed by atoms with van der Waals surface area (Å²) in [6.07, 6.45) is 2.53. The molecule has 1 fully saturated rings. The molecule has 1 saturated heterocycles. The molecule has 0 unspecified atom stereocenters. The Hall–Kier alpha value is -5.00. The van der Waals surface area contributed by atoms with Gasteiger partial charge in [-0.1, -0.05) is 24.3 Å². The van der Waals surface area contributed by atoms with Gasteiger partial charge in [-0.3, -0.25) is 4.98 Å². The number of rotatable bonds is 8. The smallest absolute Gasteiger partial charge is 0.298 e. The zero-order chi connectivity index (χ0) is 30.0. The van der Waals surface area contributed by atoms with Crippen LogP contribution >= 0.6 is 0 Å². The number of nitrogen functional groups attached to an aromatic ring is 1. The minimum Gasteiger partial charge on any atom is -0.399 e. The number of alkyl halides is 2. The summed E-state index contributed by atoms with van der Waals surface area (Å²) < 4.78 is 61.1. The second-order valence-corrected chi connectivity index (χ2v) is 10.4. The highest BCUT2D eigenvalue weighted by Crippen LogP contribution is 2.43. The normalized spacial score (nSPS) is 14.6. The first-order valence-electron chi connectivity index (χ1n) is 13.7. The van der Waals surface area contributed by atoms with Crippen LogP contribution in [-0.4, -0.2) is 51.4 Å². The Labute approximate surface area is 245 Å². The maximum atomic E-state index is 15.9. The zero-order valence-corrected chi connectivity index (χ0v) is 23.0. The van der Waals surface area contributed by atoms with Gasteiger partial charge in [0.15, 0.2) is 0 Å². The Balaban J connectivity index is 1.16. The third-order valence-electron chi connectivity index (χ3n) is 7.75. The van der Waals surface area contributed by atoms with Gasteiger partial charge >= 0.3 is 0 Å². The van der Waals surface area contributed by atoms with Crippen molar-refractivity contribution in [1.29, 1.82) is 0 Å². The van der Waals surface area contributed by atoms with E-state index in [4.69, 9.17) is 5.73 Å². The van der Waals surface area contributed by atoms with Crippen LogP contribution in [0.1, 0.15) is 17.2 Å². The van der Waals surface area contributed by atoms with Crippen LogP contribution in [0.15, 0.2) is 91.4 Å². The number of hydrogen-bond acceptors (Lipinski definition) is 7. The van der Waals surface area contributed by atoms with Gasteiger partial charge in [0.1, 0.15) is 23.7 Å². The molecule has 0 amide bonds. The number of nitrogens with two attached hydrogens (primary N) is 1. The number of anilines is 3. The van der Waals surface area contributed by atoms with Gasteiger partial charge in [-0.2, -0.15) is 8.78 Å². The molecule has 1 atom stereocenters. The van der Waals surface area contributed by atoms with Crippen LogP contribution in [0, 0.1) is 11.6 Å². The van der Waals surface area contributed by atoms with Gasteiger partial charge < -0.3 is 15.5 Å². The quantitative estimate of drug-likeness (QED) is 0.189. The lowest BCUT2D eigenvalue weighted by molar-refractivity contribution is -0.0455. The van der Waals surface area contributed by atoms with Gasteiger partial charge in [0.25, 0.3) is 5.92 Å². The van der Waals surface area contributed by atoms with Crippen LogP contribution in [0.25, 0.3) is 11.1 Å². The fraction of sp³-hybridized carbons (Fsp3) is 0.226. The average molecular weight is 589 g/mol. The summed E-state index contributed by atoms with van der Waals surface area (Å²) in [6.45, 7) is 3.02. The largest absolute Gasteiger partial charge is 0.399 e. The van der Waals surface area contributed by atoms with Crippen molar-refractivity contribution in [3.05, 3.63) is 114 Å². The first-order valence-corrected chi connectivity index (χ1v) is 13.7. The van der Waals surface area contributed by atoms with Gasteiger partial charge in [0.2, 0.25) is 0 Å². The van der Waals surface area contributed by atoms with Gasteiger partial charge in [-0.05, 0) is 70.1 Å². The lowest BCUT2D eigenvalue weighted by Crippen LogP contribution is -2.46. The Morgan fingerprint density at radius 1 is 0.791 bits per heavy atom. The van der Waals surface area contributed by atoms with Crippen LogP contribution in [0.4, 0.5) is 34.6 Å². The van der Waals surface area contributed by atoms with Crippen molar-refractivity contribution >= 4 is 17.1 Å². The fourth-order valence-electron chi connectivity index (χ4n) is 5.36. The summed E-state index contributed by atoms with van der Waals surface area (Å²) in [5, 5.41) is 10.6. The van der Waals surface area contributed by atoms with E-state index in [1.54, 1.807) is 6.07 Å². The Morgan fingerprint density at radius 2 is 1.42 bits per heavy atom. The van der Waals surface area contributed by atoms with E-state index in [0.717, 1.165) is 71.9 Å². The van der Waals surface area contributed by atoms with Gasteiger partial charge in [-0.25, -0.2) is 13.5 Å². The van der Waals surface area contributed by atoms with Crippen molar-refractivity contribution in [2.75, 3.05) is 41.7 Å². The predicted octanol–water partition coefficient (Wildman–Crippen LogP) is 5.50. The number of piperazine rings is 1. The van der Waals surface area contributed by atoms with Crippen molar-refractivity contribution < 1.29 is 17.6 Å². The molecule has 0 bridgehead atoms. The second kappa shape index (κ2) is 11.7. The molecule has 12 heteroatoms. The molecular weight excluding hydrogens is 560 g/mol. The van der Waals surface area contributed by atoms with Gasteiger partial charge in [-0.15, -0.1) is 5.10 Å². The highest BCUT2D eigenvalue weighted by atomic mass is 19.3. The molecule has 43 heavy (non-hydrogen) atoms. The summed E-state index contributed by atoms with van der Waals surface area (Å²) in [5.41, 5.74) is 9.34. The third kappa shape index (κ3) is 5.99. The van der Waals surface area contributed by atoms with Crippen LogP contribution in [0.2, 0.25) is 0 Å². The van der Waals surface area contributed by atoms with Gasteiger partial charge in [0.05, 0.1) is 12.5 Å².